The molecule has 0 spiro atoms. The van der Waals surface area contributed by atoms with Crippen LogP contribution >= 0.6 is 11.8 Å². The van der Waals surface area contributed by atoms with Gasteiger partial charge >= 0.3 is 6.09 Å². The predicted molar refractivity (Wildman–Crippen MR) is 145 cm³/mol. The quantitative estimate of drug-likeness (QED) is 0.437. The van der Waals surface area contributed by atoms with Gasteiger partial charge in [-0.1, -0.05) is 61.5 Å². The molecule has 1 aliphatic rings. The van der Waals surface area contributed by atoms with Crippen LogP contribution in [-0.2, 0) is 27.3 Å². The van der Waals surface area contributed by atoms with Gasteiger partial charge in [0.05, 0.1) is 18.5 Å². The maximum atomic E-state index is 13.6. The van der Waals surface area contributed by atoms with Crippen LogP contribution in [0.2, 0.25) is 0 Å². The van der Waals surface area contributed by atoms with Crippen molar-refractivity contribution in [2.75, 3.05) is 12.5 Å². The van der Waals surface area contributed by atoms with Crippen molar-refractivity contribution in [3.63, 3.8) is 0 Å². The summed E-state index contributed by atoms with van der Waals surface area (Å²) >= 11 is 1.48. The molecule has 2 aromatic carbocycles. The standard InChI is InChI=1S/C28H37N3O5S/c1-5-15-36-27(35)30-22(16-20-12-7-6-8-13-20)23(32)26(34)31-18-37-28(3,4)24(31)25(33)29-17-21-14-10-9-11-19(21)2/h6-14,22-24,32H,5,15-18H2,1-4H3,(H,29,33)(H,30,35). The molecule has 9 heteroatoms. The monoisotopic (exact) mass is 527 g/mol. The van der Waals surface area contributed by atoms with Gasteiger partial charge < -0.3 is 25.4 Å². The Morgan fingerprint density at radius 1 is 1.14 bits per heavy atom. The van der Waals surface area contributed by atoms with E-state index in [1.54, 1.807) is 0 Å². The largest absolute Gasteiger partial charge is 0.450 e. The molecule has 3 rings (SSSR count). The second-order valence-corrected chi connectivity index (χ2v) is 11.4. The van der Waals surface area contributed by atoms with E-state index >= 15 is 0 Å². The number of nitrogens with one attached hydrogen (secondary N) is 2. The molecule has 0 saturated carbocycles. The normalized spacial score (nSPS) is 18.1. The van der Waals surface area contributed by atoms with Gasteiger partial charge in [0, 0.05) is 11.3 Å². The van der Waals surface area contributed by atoms with Crippen molar-refractivity contribution in [1.82, 2.24) is 15.5 Å². The first-order valence-corrected chi connectivity index (χ1v) is 13.5. The number of carbonyl (C=O) groups is 3. The number of carbonyl (C=O) groups excluding carboxylic acids is 3. The van der Waals surface area contributed by atoms with Crippen LogP contribution in [0.1, 0.15) is 43.9 Å². The van der Waals surface area contributed by atoms with Crippen molar-refractivity contribution in [2.45, 2.75) is 70.0 Å². The van der Waals surface area contributed by atoms with Gasteiger partial charge in [0.1, 0.15) is 6.04 Å². The van der Waals surface area contributed by atoms with Crippen molar-refractivity contribution in [3.05, 3.63) is 71.3 Å². The number of rotatable bonds is 10. The van der Waals surface area contributed by atoms with Crippen LogP contribution in [0.25, 0.3) is 0 Å². The molecular weight excluding hydrogens is 490 g/mol. The van der Waals surface area contributed by atoms with Crippen molar-refractivity contribution in [1.29, 1.82) is 0 Å². The van der Waals surface area contributed by atoms with Gasteiger partial charge in [0.15, 0.2) is 6.10 Å². The van der Waals surface area contributed by atoms with Crippen LogP contribution in [0, 0.1) is 6.92 Å². The number of aliphatic hydroxyl groups excluding tert-OH is 1. The number of hydrogen-bond acceptors (Lipinski definition) is 6. The van der Waals surface area contributed by atoms with Crippen molar-refractivity contribution in [3.8, 4) is 0 Å². The van der Waals surface area contributed by atoms with Gasteiger partial charge in [-0.3, -0.25) is 9.59 Å². The highest BCUT2D eigenvalue weighted by Crippen LogP contribution is 2.40. The maximum Gasteiger partial charge on any atom is 0.407 e. The Hall–Kier alpha value is -3.04. The Kier molecular flexibility index (Phi) is 10.00. The van der Waals surface area contributed by atoms with Gasteiger partial charge in [0.25, 0.3) is 5.91 Å². The lowest BCUT2D eigenvalue weighted by molar-refractivity contribution is -0.147. The second kappa shape index (κ2) is 13.0. The lowest BCUT2D eigenvalue weighted by atomic mass is 9.97. The highest BCUT2D eigenvalue weighted by atomic mass is 32.2. The molecule has 0 radical (unpaired) electrons. The molecule has 1 saturated heterocycles. The average Bonchev–Trinajstić information content (AvgIpc) is 3.21. The fourth-order valence-electron chi connectivity index (χ4n) is 4.34. The zero-order valence-corrected chi connectivity index (χ0v) is 22.7. The lowest BCUT2D eigenvalue weighted by Crippen LogP contribution is -2.58. The van der Waals surface area contributed by atoms with E-state index in [0.717, 1.165) is 16.7 Å². The Morgan fingerprint density at radius 3 is 2.49 bits per heavy atom. The van der Waals surface area contributed by atoms with Crippen LogP contribution in [0.4, 0.5) is 4.79 Å². The fourth-order valence-corrected chi connectivity index (χ4v) is 5.48. The van der Waals surface area contributed by atoms with Crippen LogP contribution in [-0.4, -0.2) is 63.3 Å². The Bertz CT molecular complexity index is 1080. The number of alkyl carbamates (subject to hydrolysis) is 1. The Morgan fingerprint density at radius 2 is 1.81 bits per heavy atom. The van der Waals surface area contributed by atoms with Crippen LogP contribution in [0.15, 0.2) is 54.6 Å². The minimum absolute atomic E-state index is 0.226. The molecule has 3 N–H and O–H groups in total. The summed E-state index contributed by atoms with van der Waals surface area (Å²) in [7, 11) is 0. The first kappa shape index (κ1) is 28.5. The number of amides is 3. The highest BCUT2D eigenvalue weighted by Gasteiger charge is 2.49. The van der Waals surface area contributed by atoms with E-state index in [9.17, 15) is 19.5 Å². The number of nitrogens with zero attached hydrogens (tertiary/aromatic N) is 1. The minimum Gasteiger partial charge on any atom is -0.450 e. The molecule has 3 unspecified atom stereocenters. The third-order valence-electron chi connectivity index (χ3n) is 6.46. The smallest absolute Gasteiger partial charge is 0.407 e. The Balaban J connectivity index is 1.77. The molecule has 0 aliphatic carbocycles. The summed E-state index contributed by atoms with van der Waals surface area (Å²) < 4.78 is 4.57. The van der Waals surface area contributed by atoms with Gasteiger partial charge in [0.2, 0.25) is 5.91 Å². The first-order valence-electron chi connectivity index (χ1n) is 12.6. The molecule has 2 aromatic rings. The van der Waals surface area contributed by atoms with Gasteiger partial charge in [-0.05, 0) is 50.3 Å². The molecule has 1 heterocycles. The van der Waals surface area contributed by atoms with Crippen molar-refractivity contribution in [2.24, 2.45) is 0 Å². The molecule has 3 amide bonds. The number of aryl methyl sites for hydroxylation is 1. The summed E-state index contributed by atoms with van der Waals surface area (Å²) in [6.07, 6.45) is -1.38. The molecule has 200 valence electrons. The third kappa shape index (κ3) is 7.49. The number of thioether (sulfide) groups is 1. The maximum absolute atomic E-state index is 13.6. The molecule has 37 heavy (non-hydrogen) atoms. The fraction of sp³-hybridized carbons (Fsp3) is 0.464. The van der Waals surface area contributed by atoms with Gasteiger partial charge in [-0.25, -0.2) is 4.79 Å². The van der Waals surface area contributed by atoms with Gasteiger partial charge in [-0.2, -0.15) is 0 Å². The summed E-state index contributed by atoms with van der Waals surface area (Å²) in [5, 5.41) is 16.8. The lowest BCUT2D eigenvalue weighted by Gasteiger charge is -2.33. The number of aliphatic hydroxyl groups is 1. The molecule has 1 fully saturated rings. The summed E-state index contributed by atoms with van der Waals surface area (Å²) in [5.74, 6) is -0.636. The molecule has 1 aliphatic heterocycles. The van der Waals surface area contributed by atoms with E-state index in [1.807, 2.05) is 82.3 Å². The zero-order chi connectivity index (χ0) is 27.0. The van der Waals surface area contributed by atoms with E-state index in [0.29, 0.717) is 13.0 Å². The van der Waals surface area contributed by atoms with E-state index in [2.05, 4.69) is 10.6 Å². The van der Waals surface area contributed by atoms with Crippen LogP contribution in [0.3, 0.4) is 0 Å². The van der Waals surface area contributed by atoms with Gasteiger partial charge in [-0.15, -0.1) is 11.8 Å². The average molecular weight is 528 g/mol. The number of ether oxygens (including phenoxy) is 1. The van der Waals surface area contributed by atoms with E-state index in [4.69, 9.17) is 4.74 Å². The van der Waals surface area contributed by atoms with E-state index < -0.39 is 34.9 Å². The molecular formula is C28H37N3O5S. The third-order valence-corrected chi connectivity index (χ3v) is 7.84. The topological polar surface area (TPSA) is 108 Å². The number of benzene rings is 2. The van der Waals surface area contributed by atoms with Crippen molar-refractivity contribution < 1.29 is 24.2 Å². The Labute approximate surface area is 223 Å². The summed E-state index contributed by atoms with van der Waals surface area (Å²) in [4.78, 5) is 40.7. The highest BCUT2D eigenvalue weighted by molar-refractivity contribution is 8.00. The molecule has 3 atom stereocenters. The summed E-state index contributed by atoms with van der Waals surface area (Å²) in [6.45, 7) is 8.26. The first-order chi connectivity index (χ1) is 17.6. The van der Waals surface area contributed by atoms with Crippen LogP contribution in [0.5, 0.6) is 0 Å². The van der Waals surface area contributed by atoms with E-state index in [-0.39, 0.29) is 24.8 Å². The van der Waals surface area contributed by atoms with Crippen LogP contribution < -0.4 is 10.6 Å². The minimum atomic E-state index is -1.56. The predicted octanol–water partition coefficient (Wildman–Crippen LogP) is 3.40. The molecule has 0 bridgehead atoms. The van der Waals surface area contributed by atoms with Crippen molar-refractivity contribution >= 4 is 29.7 Å². The second-order valence-electron chi connectivity index (χ2n) is 9.75. The van der Waals surface area contributed by atoms with E-state index in [1.165, 1.54) is 16.7 Å². The molecule has 0 aromatic heterocycles. The SMILES string of the molecule is CCCOC(=O)NC(Cc1ccccc1)C(O)C(=O)N1CSC(C)(C)C1C(=O)NCc1ccccc1C. The zero-order valence-electron chi connectivity index (χ0n) is 21.9. The summed E-state index contributed by atoms with van der Waals surface area (Å²) in [6, 6.07) is 15.4. The number of hydrogen-bond donors (Lipinski definition) is 3. The molecule has 8 nitrogen and oxygen atoms in total. The summed E-state index contributed by atoms with van der Waals surface area (Å²) in [5.41, 5.74) is 2.91.